The van der Waals surface area contributed by atoms with Gasteiger partial charge in [0.1, 0.15) is 9.84 Å². The number of hydrogen-bond acceptors (Lipinski definition) is 3. The quantitative estimate of drug-likeness (QED) is 0.568. The SMILES string of the molecule is CC(C)(C)CC(Cl)CNCCCS(C)(=O)=O. The fourth-order valence-corrected chi connectivity index (χ4v) is 2.70. The molecule has 3 nitrogen and oxygen atoms in total. The lowest BCUT2D eigenvalue weighted by Crippen LogP contribution is -2.28. The van der Waals surface area contributed by atoms with E-state index in [4.69, 9.17) is 11.6 Å². The van der Waals surface area contributed by atoms with Crippen LogP contribution in [-0.2, 0) is 9.84 Å². The van der Waals surface area contributed by atoms with Crippen molar-refractivity contribution in [3.8, 4) is 0 Å². The van der Waals surface area contributed by atoms with E-state index in [1.165, 1.54) is 6.26 Å². The second kappa shape index (κ2) is 6.82. The highest BCUT2D eigenvalue weighted by molar-refractivity contribution is 7.90. The maximum Gasteiger partial charge on any atom is 0.147 e. The Morgan fingerprint density at radius 1 is 1.31 bits per heavy atom. The van der Waals surface area contributed by atoms with Crippen LogP contribution in [0.5, 0.6) is 0 Å². The van der Waals surface area contributed by atoms with Crippen molar-refractivity contribution in [2.45, 2.75) is 39.0 Å². The van der Waals surface area contributed by atoms with Gasteiger partial charge in [-0.2, -0.15) is 0 Å². The molecule has 0 saturated carbocycles. The molecule has 0 rings (SSSR count). The zero-order valence-electron chi connectivity index (χ0n) is 10.7. The van der Waals surface area contributed by atoms with E-state index >= 15 is 0 Å². The van der Waals surface area contributed by atoms with Crippen molar-refractivity contribution < 1.29 is 8.42 Å². The van der Waals surface area contributed by atoms with Crippen molar-refractivity contribution in [1.29, 1.82) is 0 Å². The van der Waals surface area contributed by atoms with Gasteiger partial charge in [-0.3, -0.25) is 0 Å². The molecular formula is C11H24ClNO2S. The van der Waals surface area contributed by atoms with Crippen molar-refractivity contribution in [3.63, 3.8) is 0 Å². The minimum absolute atomic E-state index is 0.109. The predicted molar refractivity (Wildman–Crippen MR) is 70.9 cm³/mol. The lowest BCUT2D eigenvalue weighted by molar-refractivity contribution is 0.365. The number of halogens is 1. The second-order valence-electron chi connectivity index (χ2n) is 5.55. The van der Waals surface area contributed by atoms with Gasteiger partial charge in [0.25, 0.3) is 0 Å². The Balaban J connectivity index is 3.53. The van der Waals surface area contributed by atoms with Crippen molar-refractivity contribution in [2.75, 3.05) is 25.1 Å². The Hall–Kier alpha value is 0.200. The average molecular weight is 270 g/mol. The smallest absolute Gasteiger partial charge is 0.147 e. The molecule has 16 heavy (non-hydrogen) atoms. The Bertz CT molecular complexity index is 283. The molecule has 0 saturated heterocycles. The van der Waals surface area contributed by atoms with Gasteiger partial charge in [0.05, 0.1) is 5.75 Å². The van der Waals surface area contributed by atoms with Crippen LogP contribution in [0.2, 0.25) is 0 Å². The molecule has 0 aliphatic heterocycles. The zero-order valence-corrected chi connectivity index (χ0v) is 12.3. The first-order valence-corrected chi connectivity index (χ1v) is 8.12. The summed E-state index contributed by atoms with van der Waals surface area (Å²) in [6.45, 7) is 7.92. The van der Waals surface area contributed by atoms with Crippen molar-refractivity contribution in [1.82, 2.24) is 5.32 Å². The first-order valence-electron chi connectivity index (χ1n) is 5.63. The van der Waals surface area contributed by atoms with E-state index in [0.717, 1.165) is 13.0 Å². The van der Waals surface area contributed by atoms with E-state index in [1.807, 2.05) is 0 Å². The zero-order chi connectivity index (χ0) is 12.8. The van der Waals surface area contributed by atoms with Crippen molar-refractivity contribution in [2.24, 2.45) is 5.41 Å². The summed E-state index contributed by atoms with van der Waals surface area (Å²) in [4.78, 5) is 0. The third kappa shape index (κ3) is 12.3. The largest absolute Gasteiger partial charge is 0.315 e. The topological polar surface area (TPSA) is 46.2 Å². The van der Waals surface area contributed by atoms with Crippen LogP contribution >= 0.6 is 11.6 Å². The number of sulfone groups is 1. The maximum absolute atomic E-state index is 10.9. The Labute approximate surface area is 105 Å². The lowest BCUT2D eigenvalue weighted by atomic mass is 9.90. The summed E-state index contributed by atoms with van der Waals surface area (Å²) >= 11 is 6.15. The molecule has 0 spiro atoms. The van der Waals surface area contributed by atoms with Gasteiger partial charge in [-0.15, -0.1) is 11.6 Å². The Kier molecular flexibility index (Phi) is 6.90. The molecule has 0 aliphatic carbocycles. The molecule has 0 heterocycles. The molecule has 5 heteroatoms. The monoisotopic (exact) mass is 269 g/mol. The highest BCUT2D eigenvalue weighted by atomic mass is 35.5. The van der Waals surface area contributed by atoms with Crippen LogP contribution in [-0.4, -0.2) is 38.9 Å². The fraction of sp³-hybridized carbons (Fsp3) is 1.00. The van der Waals surface area contributed by atoms with Crippen LogP contribution in [0, 0.1) is 5.41 Å². The molecule has 0 aromatic carbocycles. The summed E-state index contributed by atoms with van der Waals surface area (Å²) < 4.78 is 21.7. The molecule has 0 fully saturated rings. The summed E-state index contributed by atoms with van der Waals surface area (Å²) in [7, 11) is -2.83. The van der Waals surface area contributed by atoms with Crippen LogP contribution in [0.15, 0.2) is 0 Å². The molecule has 0 aliphatic rings. The number of rotatable bonds is 7. The summed E-state index contributed by atoms with van der Waals surface area (Å²) in [6.07, 6.45) is 2.86. The van der Waals surface area contributed by atoms with E-state index in [1.54, 1.807) is 0 Å². The molecule has 0 amide bonds. The molecule has 0 aromatic rings. The second-order valence-corrected chi connectivity index (χ2v) is 8.43. The number of nitrogens with one attached hydrogen (secondary N) is 1. The van der Waals surface area contributed by atoms with Gasteiger partial charge in [-0.1, -0.05) is 20.8 Å². The van der Waals surface area contributed by atoms with Gasteiger partial charge in [0, 0.05) is 18.2 Å². The minimum Gasteiger partial charge on any atom is -0.315 e. The first kappa shape index (κ1) is 16.2. The highest BCUT2D eigenvalue weighted by Crippen LogP contribution is 2.23. The Morgan fingerprint density at radius 3 is 2.31 bits per heavy atom. The van der Waals surface area contributed by atoms with Crippen molar-refractivity contribution in [3.05, 3.63) is 0 Å². The minimum atomic E-state index is -2.83. The molecule has 1 atom stereocenters. The molecule has 0 radical (unpaired) electrons. The van der Waals surface area contributed by atoms with Gasteiger partial charge < -0.3 is 5.32 Å². The molecule has 0 bridgehead atoms. The Morgan fingerprint density at radius 2 is 1.88 bits per heavy atom. The van der Waals surface area contributed by atoms with Crippen LogP contribution in [0.3, 0.4) is 0 Å². The molecule has 1 N–H and O–H groups in total. The van der Waals surface area contributed by atoms with E-state index in [2.05, 4.69) is 26.1 Å². The van der Waals surface area contributed by atoms with Gasteiger partial charge in [0.2, 0.25) is 0 Å². The predicted octanol–water partition coefficient (Wildman–Crippen LogP) is 2.05. The van der Waals surface area contributed by atoms with E-state index in [-0.39, 0.29) is 16.5 Å². The summed E-state index contributed by atoms with van der Waals surface area (Å²) in [5, 5.41) is 3.29. The first-order chi connectivity index (χ1) is 7.10. The summed E-state index contributed by atoms with van der Waals surface area (Å²) in [5.74, 6) is 0.242. The van der Waals surface area contributed by atoms with E-state index in [9.17, 15) is 8.42 Å². The van der Waals surface area contributed by atoms with Crippen LogP contribution in [0.4, 0.5) is 0 Å². The van der Waals surface area contributed by atoms with Gasteiger partial charge in [-0.25, -0.2) is 8.42 Å². The van der Waals surface area contributed by atoms with E-state index < -0.39 is 9.84 Å². The fourth-order valence-electron chi connectivity index (χ4n) is 1.45. The van der Waals surface area contributed by atoms with Crippen LogP contribution in [0.1, 0.15) is 33.6 Å². The van der Waals surface area contributed by atoms with Gasteiger partial charge in [-0.05, 0) is 24.8 Å². The number of alkyl halides is 1. The van der Waals surface area contributed by atoms with Crippen molar-refractivity contribution >= 4 is 21.4 Å². The van der Waals surface area contributed by atoms with Crippen LogP contribution < -0.4 is 5.32 Å². The lowest BCUT2D eigenvalue weighted by Gasteiger charge is -2.21. The van der Waals surface area contributed by atoms with Gasteiger partial charge >= 0.3 is 0 Å². The standard InChI is InChI=1S/C11H24ClNO2S/c1-11(2,3)8-10(12)9-13-6-5-7-16(4,14)15/h10,13H,5-9H2,1-4H3. The average Bonchev–Trinajstić information content (AvgIpc) is 1.97. The summed E-state index contributed by atoms with van der Waals surface area (Å²) in [5.41, 5.74) is 0.237. The molecule has 1 unspecified atom stereocenters. The molecule has 0 aromatic heterocycles. The van der Waals surface area contributed by atoms with Gasteiger partial charge in [0.15, 0.2) is 0 Å². The molecule has 98 valence electrons. The van der Waals surface area contributed by atoms with Crippen LogP contribution in [0.25, 0.3) is 0 Å². The third-order valence-corrected chi connectivity index (χ3v) is 3.41. The highest BCUT2D eigenvalue weighted by Gasteiger charge is 2.16. The summed E-state index contributed by atoms with van der Waals surface area (Å²) in [6, 6.07) is 0. The normalized spacial score (nSPS) is 15.1. The third-order valence-electron chi connectivity index (χ3n) is 2.07. The number of hydrogen-bond donors (Lipinski definition) is 1. The molecular weight excluding hydrogens is 246 g/mol. The van der Waals surface area contributed by atoms with E-state index in [0.29, 0.717) is 13.0 Å². The maximum atomic E-state index is 10.9.